The summed E-state index contributed by atoms with van der Waals surface area (Å²) < 4.78 is 4.91. The van der Waals surface area contributed by atoms with E-state index < -0.39 is 11.8 Å². The van der Waals surface area contributed by atoms with Crippen LogP contribution in [0, 0.1) is 0 Å². The number of rotatable bonds is 10. The number of ether oxygens (including phenoxy) is 1. The van der Waals surface area contributed by atoms with Gasteiger partial charge >= 0.3 is 5.97 Å². The van der Waals surface area contributed by atoms with E-state index in [2.05, 4.69) is 6.92 Å². The summed E-state index contributed by atoms with van der Waals surface area (Å²) in [4.78, 5) is 51.7. The lowest BCUT2D eigenvalue weighted by Gasteiger charge is -2.24. The van der Waals surface area contributed by atoms with E-state index in [1.807, 2.05) is 0 Å². The second-order valence-electron chi connectivity index (χ2n) is 6.38. The molecule has 1 aliphatic rings. The molecule has 0 radical (unpaired) electrons. The summed E-state index contributed by atoms with van der Waals surface area (Å²) in [7, 11) is 0. The number of nitrogens with zero attached hydrogens (tertiary/aromatic N) is 2. The van der Waals surface area contributed by atoms with Crippen molar-refractivity contribution in [1.82, 2.24) is 9.80 Å². The van der Waals surface area contributed by atoms with E-state index in [0.29, 0.717) is 17.7 Å². The van der Waals surface area contributed by atoms with E-state index in [4.69, 9.17) is 4.74 Å². The molecule has 2 rings (SSSR count). The molecule has 0 unspecified atom stereocenters. The molecule has 3 amide bonds. The van der Waals surface area contributed by atoms with Crippen molar-refractivity contribution in [2.24, 2.45) is 0 Å². The molecule has 0 atom stereocenters. The first kappa shape index (κ1) is 20.6. The van der Waals surface area contributed by atoms with Gasteiger partial charge in [0, 0.05) is 13.1 Å². The lowest BCUT2D eigenvalue weighted by Crippen LogP contribution is -2.43. The summed E-state index contributed by atoms with van der Waals surface area (Å²) in [6.45, 7) is 4.45. The molecule has 27 heavy (non-hydrogen) atoms. The Hall–Kier alpha value is -2.70. The molecule has 1 aromatic rings. The van der Waals surface area contributed by atoms with Crippen LogP contribution in [0.2, 0.25) is 0 Å². The molecule has 0 saturated carbocycles. The van der Waals surface area contributed by atoms with Crippen LogP contribution in [0.5, 0.6) is 0 Å². The van der Waals surface area contributed by atoms with Crippen LogP contribution in [0.3, 0.4) is 0 Å². The minimum atomic E-state index is -0.456. The summed E-state index contributed by atoms with van der Waals surface area (Å²) in [6.07, 6.45) is 2.84. The summed E-state index contributed by atoms with van der Waals surface area (Å²) in [5.41, 5.74) is 0.638. The number of imide groups is 1. The number of carbonyl (C=O) groups excluding carboxylic acids is 4. The number of hydrogen-bond donors (Lipinski definition) is 0. The monoisotopic (exact) mass is 374 g/mol. The molecule has 0 fully saturated rings. The third kappa shape index (κ3) is 5.15. The predicted molar refractivity (Wildman–Crippen MR) is 99.2 cm³/mol. The van der Waals surface area contributed by atoms with Crippen molar-refractivity contribution in [1.29, 1.82) is 0 Å². The molecule has 1 aromatic carbocycles. The van der Waals surface area contributed by atoms with Crippen LogP contribution in [-0.2, 0) is 14.3 Å². The van der Waals surface area contributed by atoms with Crippen LogP contribution in [0.25, 0.3) is 0 Å². The van der Waals surface area contributed by atoms with Gasteiger partial charge in [0.2, 0.25) is 5.91 Å². The van der Waals surface area contributed by atoms with Crippen LogP contribution < -0.4 is 0 Å². The second kappa shape index (κ2) is 9.85. The lowest BCUT2D eigenvalue weighted by atomic mass is 10.1. The standard InChI is InChI=1S/C20H26N2O5/c1-3-5-8-12-21(13-11-18(24)27-4-2)17(23)14-22-19(25)15-9-6-7-10-16(15)20(22)26/h6-7,9-10H,3-5,8,11-14H2,1-2H3. The number of hydrogen-bond acceptors (Lipinski definition) is 5. The van der Waals surface area contributed by atoms with Gasteiger partial charge in [-0.05, 0) is 25.5 Å². The second-order valence-corrected chi connectivity index (χ2v) is 6.38. The van der Waals surface area contributed by atoms with Gasteiger partial charge in [-0.1, -0.05) is 31.9 Å². The van der Waals surface area contributed by atoms with E-state index in [-0.39, 0.29) is 38.0 Å². The zero-order valence-electron chi connectivity index (χ0n) is 15.9. The van der Waals surface area contributed by atoms with E-state index in [9.17, 15) is 19.2 Å². The fraction of sp³-hybridized carbons (Fsp3) is 0.500. The van der Waals surface area contributed by atoms with Gasteiger partial charge in [0.15, 0.2) is 0 Å². The topological polar surface area (TPSA) is 84.0 Å². The van der Waals surface area contributed by atoms with Gasteiger partial charge in [0.1, 0.15) is 6.54 Å². The van der Waals surface area contributed by atoms with Crippen molar-refractivity contribution >= 4 is 23.7 Å². The highest BCUT2D eigenvalue weighted by Crippen LogP contribution is 2.22. The Morgan fingerprint density at radius 2 is 1.63 bits per heavy atom. The smallest absolute Gasteiger partial charge is 0.307 e. The first-order chi connectivity index (χ1) is 13.0. The summed E-state index contributed by atoms with van der Waals surface area (Å²) >= 11 is 0. The quantitative estimate of drug-likeness (QED) is 0.356. The van der Waals surface area contributed by atoms with Crippen LogP contribution in [0.1, 0.15) is 60.2 Å². The maximum absolute atomic E-state index is 12.7. The Kier molecular flexibility index (Phi) is 7.52. The largest absolute Gasteiger partial charge is 0.466 e. The average Bonchev–Trinajstić information content (AvgIpc) is 2.90. The van der Waals surface area contributed by atoms with Crippen molar-refractivity contribution < 1.29 is 23.9 Å². The van der Waals surface area contributed by atoms with Crippen LogP contribution >= 0.6 is 0 Å². The Balaban J connectivity index is 2.03. The fourth-order valence-electron chi connectivity index (χ4n) is 2.99. The average molecular weight is 374 g/mol. The molecular weight excluding hydrogens is 348 g/mol. The molecular formula is C20H26N2O5. The normalized spacial score (nSPS) is 12.9. The van der Waals surface area contributed by atoms with Crippen LogP contribution in [0.15, 0.2) is 24.3 Å². The van der Waals surface area contributed by atoms with Gasteiger partial charge in [-0.15, -0.1) is 0 Å². The van der Waals surface area contributed by atoms with Crippen molar-refractivity contribution in [3.8, 4) is 0 Å². The zero-order valence-corrected chi connectivity index (χ0v) is 15.9. The maximum Gasteiger partial charge on any atom is 0.307 e. The van der Waals surface area contributed by atoms with Crippen molar-refractivity contribution in [2.45, 2.75) is 39.5 Å². The third-order valence-electron chi connectivity index (χ3n) is 4.45. The fourth-order valence-corrected chi connectivity index (χ4v) is 2.99. The Morgan fingerprint density at radius 3 is 2.19 bits per heavy atom. The molecule has 0 bridgehead atoms. The highest BCUT2D eigenvalue weighted by atomic mass is 16.5. The molecule has 0 aromatic heterocycles. The first-order valence-corrected chi connectivity index (χ1v) is 9.38. The van der Waals surface area contributed by atoms with E-state index >= 15 is 0 Å². The van der Waals surface area contributed by atoms with Gasteiger partial charge in [-0.25, -0.2) is 0 Å². The number of carbonyl (C=O) groups is 4. The van der Waals surface area contributed by atoms with E-state index in [1.54, 1.807) is 31.2 Å². The SMILES string of the molecule is CCCCCN(CCC(=O)OCC)C(=O)CN1C(=O)c2ccccc2C1=O. The van der Waals surface area contributed by atoms with Crippen LogP contribution in [-0.4, -0.2) is 59.7 Å². The number of unbranched alkanes of at least 4 members (excludes halogenated alkanes) is 2. The molecule has 0 N–H and O–H groups in total. The number of esters is 1. The summed E-state index contributed by atoms with van der Waals surface area (Å²) in [5, 5.41) is 0. The van der Waals surface area contributed by atoms with E-state index in [1.165, 1.54) is 4.90 Å². The van der Waals surface area contributed by atoms with Gasteiger partial charge in [-0.3, -0.25) is 24.1 Å². The molecule has 1 aliphatic heterocycles. The summed E-state index contributed by atoms with van der Waals surface area (Å²) in [5.74, 6) is -1.62. The molecule has 1 heterocycles. The highest BCUT2D eigenvalue weighted by molar-refractivity contribution is 6.22. The lowest BCUT2D eigenvalue weighted by molar-refractivity contribution is -0.144. The van der Waals surface area contributed by atoms with Crippen molar-refractivity contribution in [2.75, 3.05) is 26.2 Å². The zero-order chi connectivity index (χ0) is 19.8. The number of benzene rings is 1. The molecule has 146 valence electrons. The predicted octanol–water partition coefficient (Wildman–Crippen LogP) is 2.25. The molecule has 0 saturated heterocycles. The Morgan fingerprint density at radius 1 is 1.00 bits per heavy atom. The minimum absolute atomic E-state index is 0.0911. The molecule has 0 aliphatic carbocycles. The maximum atomic E-state index is 12.7. The minimum Gasteiger partial charge on any atom is -0.466 e. The van der Waals surface area contributed by atoms with Gasteiger partial charge in [0.05, 0.1) is 24.2 Å². The van der Waals surface area contributed by atoms with E-state index in [0.717, 1.165) is 24.2 Å². The number of amides is 3. The van der Waals surface area contributed by atoms with Crippen molar-refractivity contribution in [3.05, 3.63) is 35.4 Å². The van der Waals surface area contributed by atoms with Gasteiger partial charge < -0.3 is 9.64 Å². The highest BCUT2D eigenvalue weighted by Gasteiger charge is 2.37. The Labute approximate surface area is 159 Å². The summed E-state index contributed by atoms with van der Waals surface area (Å²) in [6, 6.07) is 6.54. The molecule has 7 heteroatoms. The van der Waals surface area contributed by atoms with Crippen LogP contribution in [0.4, 0.5) is 0 Å². The van der Waals surface area contributed by atoms with Crippen molar-refractivity contribution in [3.63, 3.8) is 0 Å². The van der Waals surface area contributed by atoms with Gasteiger partial charge in [-0.2, -0.15) is 0 Å². The Bertz CT molecular complexity index is 681. The van der Waals surface area contributed by atoms with Gasteiger partial charge in [0.25, 0.3) is 11.8 Å². The molecule has 0 spiro atoms. The molecule has 7 nitrogen and oxygen atoms in total. The third-order valence-corrected chi connectivity index (χ3v) is 4.45. The number of fused-ring (bicyclic) bond motifs is 1. The first-order valence-electron chi connectivity index (χ1n) is 9.38.